The van der Waals surface area contributed by atoms with Crippen LogP contribution in [0.1, 0.15) is 25.7 Å². The monoisotopic (exact) mass is 310 g/mol. The van der Waals surface area contributed by atoms with Crippen molar-refractivity contribution < 1.29 is 14.7 Å². The summed E-state index contributed by atoms with van der Waals surface area (Å²) < 4.78 is 0. The highest BCUT2D eigenvalue weighted by molar-refractivity contribution is 6.30. The van der Waals surface area contributed by atoms with Gasteiger partial charge in [0.15, 0.2) is 0 Å². The van der Waals surface area contributed by atoms with E-state index < -0.39 is 0 Å². The van der Waals surface area contributed by atoms with E-state index in [0.717, 1.165) is 0 Å². The normalized spacial score (nSPS) is 15.8. The Kier molecular flexibility index (Phi) is 5.59. The van der Waals surface area contributed by atoms with Gasteiger partial charge in [0, 0.05) is 36.6 Å². The van der Waals surface area contributed by atoms with Crippen LogP contribution in [-0.4, -0.2) is 41.0 Å². The Morgan fingerprint density at radius 2 is 1.81 bits per heavy atom. The molecular formula is C15H19ClN2O3. The van der Waals surface area contributed by atoms with Crippen LogP contribution in [0, 0.1) is 0 Å². The molecule has 0 bridgehead atoms. The van der Waals surface area contributed by atoms with Crippen molar-refractivity contribution in [3.8, 4) is 0 Å². The minimum Gasteiger partial charge on any atom is -0.393 e. The number of benzene rings is 1. The number of halogens is 1. The van der Waals surface area contributed by atoms with Gasteiger partial charge in [-0.15, -0.1) is 0 Å². The van der Waals surface area contributed by atoms with Crippen molar-refractivity contribution in [3.63, 3.8) is 0 Å². The summed E-state index contributed by atoms with van der Waals surface area (Å²) in [5.41, 5.74) is 0.665. The molecule has 0 aliphatic carbocycles. The molecule has 2 rings (SSSR count). The quantitative estimate of drug-likeness (QED) is 0.894. The Labute approximate surface area is 128 Å². The van der Waals surface area contributed by atoms with Gasteiger partial charge in [-0.1, -0.05) is 11.6 Å². The molecular weight excluding hydrogens is 292 g/mol. The second kappa shape index (κ2) is 7.43. The minimum atomic E-state index is -0.303. The molecule has 21 heavy (non-hydrogen) atoms. The number of piperidine rings is 1. The summed E-state index contributed by atoms with van der Waals surface area (Å²) in [4.78, 5) is 25.4. The van der Waals surface area contributed by atoms with E-state index in [1.165, 1.54) is 0 Å². The molecule has 6 heteroatoms. The van der Waals surface area contributed by atoms with E-state index in [0.29, 0.717) is 36.6 Å². The number of aliphatic hydroxyl groups is 1. The topological polar surface area (TPSA) is 69.6 Å². The lowest BCUT2D eigenvalue weighted by atomic mass is 10.1. The first-order valence-electron chi connectivity index (χ1n) is 7.06. The maximum atomic E-state index is 12.0. The van der Waals surface area contributed by atoms with E-state index in [4.69, 9.17) is 11.6 Å². The van der Waals surface area contributed by atoms with Crippen LogP contribution < -0.4 is 5.32 Å². The Hall–Kier alpha value is -1.59. The molecule has 0 radical (unpaired) electrons. The van der Waals surface area contributed by atoms with Crippen LogP contribution in [0.5, 0.6) is 0 Å². The molecule has 2 amide bonds. The summed E-state index contributed by atoms with van der Waals surface area (Å²) >= 11 is 5.77. The smallest absolute Gasteiger partial charge is 0.224 e. The average Bonchev–Trinajstić information content (AvgIpc) is 2.48. The number of nitrogens with zero attached hydrogens (tertiary/aromatic N) is 1. The van der Waals surface area contributed by atoms with Crippen LogP contribution in [0.4, 0.5) is 5.69 Å². The van der Waals surface area contributed by atoms with Crippen LogP contribution >= 0.6 is 11.6 Å². The van der Waals surface area contributed by atoms with E-state index in [-0.39, 0.29) is 30.8 Å². The van der Waals surface area contributed by atoms with Crippen molar-refractivity contribution in [2.75, 3.05) is 18.4 Å². The first-order chi connectivity index (χ1) is 10.0. The largest absolute Gasteiger partial charge is 0.393 e. The number of carbonyl (C=O) groups is 2. The predicted octanol–water partition coefficient (Wildman–Crippen LogP) is 2.04. The summed E-state index contributed by atoms with van der Waals surface area (Å²) in [6.07, 6.45) is 1.27. The number of hydrogen-bond acceptors (Lipinski definition) is 3. The molecule has 1 saturated heterocycles. The highest BCUT2D eigenvalue weighted by atomic mass is 35.5. The number of aliphatic hydroxyl groups excluding tert-OH is 1. The Bertz CT molecular complexity index is 496. The van der Waals surface area contributed by atoms with Crippen LogP contribution in [0.2, 0.25) is 5.02 Å². The molecule has 0 aromatic heterocycles. The summed E-state index contributed by atoms with van der Waals surface area (Å²) in [5, 5.41) is 12.7. The lowest BCUT2D eigenvalue weighted by Crippen LogP contribution is -2.40. The van der Waals surface area contributed by atoms with E-state index >= 15 is 0 Å². The fourth-order valence-corrected chi connectivity index (χ4v) is 2.38. The summed E-state index contributed by atoms with van der Waals surface area (Å²) in [7, 11) is 0. The molecule has 1 aliphatic rings. The Morgan fingerprint density at radius 1 is 1.19 bits per heavy atom. The molecule has 1 aromatic rings. The zero-order valence-electron chi connectivity index (χ0n) is 11.7. The fraction of sp³-hybridized carbons (Fsp3) is 0.467. The summed E-state index contributed by atoms with van der Waals surface area (Å²) in [6.45, 7) is 1.14. The third kappa shape index (κ3) is 5.02. The van der Waals surface area contributed by atoms with Crippen molar-refractivity contribution in [3.05, 3.63) is 29.3 Å². The molecule has 1 fully saturated rings. The van der Waals surface area contributed by atoms with Gasteiger partial charge in [-0.25, -0.2) is 0 Å². The summed E-state index contributed by atoms with van der Waals surface area (Å²) in [5.74, 6) is -0.226. The molecule has 1 heterocycles. The van der Waals surface area contributed by atoms with Gasteiger partial charge in [0.2, 0.25) is 11.8 Å². The molecule has 2 N–H and O–H groups in total. The summed E-state index contributed by atoms with van der Waals surface area (Å²) in [6, 6.07) is 6.82. The zero-order chi connectivity index (χ0) is 15.2. The van der Waals surface area contributed by atoms with Crippen molar-refractivity contribution >= 4 is 29.1 Å². The number of carbonyl (C=O) groups excluding carboxylic acids is 2. The van der Waals surface area contributed by atoms with Gasteiger partial charge >= 0.3 is 0 Å². The predicted molar refractivity (Wildman–Crippen MR) is 81.1 cm³/mol. The van der Waals surface area contributed by atoms with Crippen LogP contribution in [0.3, 0.4) is 0 Å². The third-order valence-electron chi connectivity index (χ3n) is 3.51. The molecule has 5 nitrogen and oxygen atoms in total. The number of rotatable bonds is 4. The van der Waals surface area contributed by atoms with Gasteiger partial charge in [-0.05, 0) is 37.1 Å². The molecule has 0 unspecified atom stereocenters. The van der Waals surface area contributed by atoms with Crippen LogP contribution in [0.25, 0.3) is 0 Å². The highest BCUT2D eigenvalue weighted by Crippen LogP contribution is 2.15. The lowest BCUT2D eigenvalue weighted by molar-refractivity contribution is -0.134. The van der Waals surface area contributed by atoms with Crippen LogP contribution in [-0.2, 0) is 9.59 Å². The van der Waals surface area contributed by atoms with Gasteiger partial charge in [0.25, 0.3) is 0 Å². The van der Waals surface area contributed by atoms with Crippen molar-refractivity contribution in [1.82, 2.24) is 4.90 Å². The van der Waals surface area contributed by atoms with E-state index in [9.17, 15) is 14.7 Å². The Morgan fingerprint density at radius 3 is 2.43 bits per heavy atom. The first kappa shape index (κ1) is 15.8. The first-order valence-corrected chi connectivity index (χ1v) is 7.43. The van der Waals surface area contributed by atoms with Crippen molar-refractivity contribution in [1.29, 1.82) is 0 Å². The maximum absolute atomic E-state index is 12.0. The minimum absolute atomic E-state index is 0.0341. The number of hydrogen-bond donors (Lipinski definition) is 2. The fourth-order valence-electron chi connectivity index (χ4n) is 2.25. The van der Waals surface area contributed by atoms with E-state index in [1.54, 1.807) is 29.2 Å². The molecule has 0 spiro atoms. The number of amides is 2. The number of anilines is 1. The number of likely N-dealkylation sites (tertiary alicyclic amines) is 1. The van der Waals surface area contributed by atoms with E-state index in [2.05, 4.69) is 5.32 Å². The van der Waals surface area contributed by atoms with Gasteiger partial charge in [0.05, 0.1) is 6.10 Å². The van der Waals surface area contributed by atoms with Gasteiger partial charge in [-0.3, -0.25) is 9.59 Å². The highest BCUT2D eigenvalue weighted by Gasteiger charge is 2.21. The van der Waals surface area contributed by atoms with Gasteiger partial charge in [-0.2, -0.15) is 0 Å². The van der Waals surface area contributed by atoms with Crippen molar-refractivity contribution in [2.45, 2.75) is 31.8 Å². The van der Waals surface area contributed by atoms with E-state index in [1.807, 2.05) is 0 Å². The maximum Gasteiger partial charge on any atom is 0.224 e. The molecule has 0 atom stereocenters. The Balaban J connectivity index is 1.73. The second-order valence-corrected chi connectivity index (χ2v) is 5.60. The van der Waals surface area contributed by atoms with Gasteiger partial charge in [0.1, 0.15) is 0 Å². The molecule has 114 valence electrons. The molecule has 0 saturated carbocycles. The SMILES string of the molecule is O=C(CCC(=O)N1CCC(O)CC1)Nc1ccc(Cl)cc1. The molecule has 1 aliphatic heterocycles. The van der Waals surface area contributed by atoms with Crippen molar-refractivity contribution in [2.24, 2.45) is 0 Å². The second-order valence-electron chi connectivity index (χ2n) is 5.17. The third-order valence-corrected chi connectivity index (χ3v) is 3.76. The van der Waals surface area contributed by atoms with Gasteiger partial charge < -0.3 is 15.3 Å². The molecule has 1 aromatic carbocycles. The zero-order valence-corrected chi connectivity index (χ0v) is 12.5. The van der Waals surface area contributed by atoms with Crippen LogP contribution in [0.15, 0.2) is 24.3 Å². The average molecular weight is 311 g/mol. The number of nitrogens with one attached hydrogen (secondary N) is 1. The lowest BCUT2D eigenvalue weighted by Gasteiger charge is -2.29. The standard InChI is InChI=1S/C15H19ClN2O3/c16-11-1-3-12(4-2-11)17-14(20)5-6-15(21)18-9-7-13(19)8-10-18/h1-4,13,19H,5-10H2,(H,17,20).